The molecule has 8 heteroatoms. The fraction of sp³-hybridized carbons (Fsp3) is 0.690. The van der Waals surface area contributed by atoms with E-state index >= 15 is 0 Å². The molecule has 3 N–H and O–H groups in total. The molecule has 0 radical (unpaired) electrons. The van der Waals surface area contributed by atoms with E-state index in [-0.39, 0.29) is 35.7 Å². The Morgan fingerprint density at radius 1 is 1.16 bits per heavy atom. The average molecular weight is 514 g/mol. The summed E-state index contributed by atoms with van der Waals surface area (Å²) in [4.78, 5) is 43.3. The standard InChI is InChI=1S/C29H43N3O5/c1-17-14-29-21(20(23(34)30-8)28(17,7)37-29)25(36)32(19(15-33)18-12-10-9-11-13-18)22(29)24(35)31-27(5,6)16-26(2,3)4/h9-13,17,19-22,33H,14-16H2,1-8H3,(H,30,34)(H,31,35)/t17?,19-,20+,21+,22?,28-,29?/m1/s1. The third-order valence-corrected chi connectivity index (χ3v) is 8.66. The molecule has 0 aromatic heterocycles. The van der Waals surface area contributed by atoms with Crippen LogP contribution in [0.15, 0.2) is 30.3 Å². The van der Waals surface area contributed by atoms with Gasteiger partial charge in [-0.2, -0.15) is 0 Å². The second-order valence-corrected chi connectivity index (χ2v) is 13.3. The summed E-state index contributed by atoms with van der Waals surface area (Å²) in [5, 5.41) is 16.5. The maximum atomic E-state index is 14.3. The van der Waals surface area contributed by atoms with E-state index in [0.717, 1.165) is 12.0 Å². The number of carbonyl (C=O) groups excluding carboxylic acids is 3. The van der Waals surface area contributed by atoms with Crippen molar-refractivity contribution in [2.24, 2.45) is 23.2 Å². The highest BCUT2D eigenvalue weighted by molar-refractivity contribution is 5.99. The molecule has 3 unspecified atom stereocenters. The molecule has 3 heterocycles. The Morgan fingerprint density at radius 2 is 1.78 bits per heavy atom. The van der Waals surface area contributed by atoms with Crippen molar-refractivity contribution in [3.8, 4) is 0 Å². The Bertz CT molecular complexity index is 1070. The first-order chi connectivity index (χ1) is 17.1. The minimum atomic E-state index is -1.16. The first-order valence-electron chi connectivity index (χ1n) is 13.3. The quantitative estimate of drug-likeness (QED) is 0.520. The van der Waals surface area contributed by atoms with E-state index in [4.69, 9.17) is 4.74 Å². The lowest BCUT2D eigenvalue weighted by molar-refractivity contribution is -0.151. The molecule has 1 aromatic carbocycles. The van der Waals surface area contributed by atoms with Gasteiger partial charge in [0.05, 0.1) is 30.1 Å². The molecule has 0 aliphatic carbocycles. The van der Waals surface area contributed by atoms with Crippen molar-refractivity contribution in [1.29, 1.82) is 0 Å². The number of ether oxygens (including phenoxy) is 1. The first-order valence-corrected chi connectivity index (χ1v) is 13.3. The summed E-state index contributed by atoms with van der Waals surface area (Å²) in [7, 11) is 1.56. The normalized spacial score (nSPS) is 33.9. The van der Waals surface area contributed by atoms with E-state index in [1.165, 1.54) is 4.90 Å². The lowest BCUT2D eigenvalue weighted by Crippen LogP contribution is -2.60. The second kappa shape index (κ2) is 9.09. The van der Waals surface area contributed by atoms with Gasteiger partial charge in [0.1, 0.15) is 11.6 Å². The number of aliphatic hydroxyl groups excluding tert-OH is 1. The van der Waals surface area contributed by atoms with Crippen LogP contribution in [0.3, 0.4) is 0 Å². The smallest absolute Gasteiger partial charge is 0.246 e. The Hall–Kier alpha value is -2.45. The molecule has 3 saturated heterocycles. The third kappa shape index (κ3) is 4.36. The highest BCUT2D eigenvalue weighted by Gasteiger charge is 2.80. The van der Waals surface area contributed by atoms with Crippen LogP contribution in [-0.4, -0.2) is 64.2 Å². The molecule has 204 valence electrons. The zero-order chi connectivity index (χ0) is 27.6. The van der Waals surface area contributed by atoms with E-state index in [1.54, 1.807) is 7.05 Å². The minimum Gasteiger partial charge on any atom is -0.394 e. The number of aliphatic hydroxyl groups is 1. The lowest BCUT2D eigenvalue weighted by atomic mass is 9.62. The molecular formula is C29H43N3O5. The number of fused-ring (bicyclic) bond motifs is 1. The number of hydrogen-bond donors (Lipinski definition) is 3. The molecule has 3 aliphatic rings. The van der Waals surface area contributed by atoms with Crippen LogP contribution in [0.1, 0.15) is 72.9 Å². The van der Waals surface area contributed by atoms with E-state index < -0.39 is 40.7 Å². The molecule has 8 nitrogen and oxygen atoms in total. The van der Waals surface area contributed by atoms with Crippen LogP contribution >= 0.6 is 0 Å². The molecule has 2 bridgehead atoms. The molecule has 3 fully saturated rings. The topological polar surface area (TPSA) is 108 Å². The number of amides is 3. The fourth-order valence-electron chi connectivity index (χ4n) is 7.67. The number of likely N-dealkylation sites (tertiary alicyclic amines) is 1. The first kappa shape index (κ1) is 27.6. The summed E-state index contributed by atoms with van der Waals surface area (Å²) in [6, 6.07) is 7.51. The second-order valence-electron chi connectivity index (χ2n) is 13.3. The van der Waals surface area contributed by atoms with Gasteiger partial charge in [0.25, 0.3) is 0 Å². The van der Waals surface area contributed by atoms with E-state index in [1.807, 2.05) is 58.0 Å². The van der Waals surface area contributed by atoms with Gasteiger partial charge in [-0.05, 0) is 50.5 Å². The molecule has 4 rings (SSSR count). The van der Waals surface area contributed by atoms with Crippen LogP contribution < -0.4 is 10.6 Å². The largest absolute Gasteiger partial charge is 0.394 e. The van der Waals surface area contributed by atoms with Crippen molar-refractivity contribution < 1.29 is 24.2 Å². The van der Waals surface area contributed by atoms with Gasteiger partial charge in [0.15, 0.2) is 0 Å². The number of benzene rings is 1. The van der Waals surface area contributed by atoms with Gasteiger partial charge in [-0.25, -0.2) is 0 Å². The highest BCUT2D eigenvalue weighted by Crippen LogP contribution is 2.66. The van der Waals surface area contributed by atoms with Crippen LogP contribution in [0, 0.1) is 23.2 Å². The van der Waals surface area contributed by atoms with Gasteiger partial charge in [0, 0.05) is 12.6 Å². The molecule has 7 atom stereocenters. The van der Waals surface area contributed by atoms with Gasteiger partial charge in [-0.3, -0.25) is 14.4 Å². The maximum Gasteiger partial charge on any atom is 0.246 e. The predicted molar refractivity (Wildman–Crippen MR) is 140 cm³/mol. The number of hydrogen-bond acceptors (Lipinski definition) is 5. The van der Waals surface area contributed by atoms with Gasteiger partial charge in [0.2, 0.25) is 17.7 Å². The summed E-state index contributed by atoms with van der Waals surface area (Å²) in [6.07, 6.45) is 1.20. The van der Waals surface area contributed by atoms with Crippen molar-refractivity contribution in [3.05, 3.63) is 35.9 Å². The van der Waals surface area contributed by atoms with Crippen molar-refractivity contribution in [3.63, 3.8) is 0 Å². The van der Waals surface area contributed by atoms with Crippen molar-refractivity contribution >= 4 is 17.7 Å². The van der Waals surface area contributed by atoms with Gasteiger partial charge in [-0.15, -0.1) is 0 Å². The lowest BCUT2D eigenvalue weighted by Gasteiger charge is -2.40. The number of carbonyl (C=O) groups is 3. The minimum absolute atomic E-state index is 0.0327. The van der Waals surface area contributed by atoms with Crippen molar-refractivity contribution in [2.45, 2.75) is 90.1 Å². The number of nitrogens with one attached hydrogen (secondary N) is 2. The van der Waals surface area contributed by atoms with Crippen LogP contribution in [-0.2, 0) is 19.1 Å². The van der Waals surface area contributed by atoms with Gasteiger partial charge < -0.3 is 25.4 Å². The molecule has 1 spiro atoms. The molecule has 37 heavy (non-hydrogen) atoms. The number of nitrogens with zero attached hydrogens (tertiary/aromatic N) is 1. The molecular weight excluding hydrogens is 470 g/mol. The Balaban J connectivity index is 1.84. The van der Waals surface area contributed by atoms with Crippen molar-refractivity contribution in [2.75, 3.05) is 13.7 Å². The SMILES string of the molecule is CNC(=O)[C@@H]1[C@H]2C(=O)N([C@H](CO)c3ccccc3)C(C(=O)NC(C)(C)CC(C)(C)C)C23CC(C)[C@@]1(C)O3. The van der Waals surface area contributed by atoms with Crippen LogP contribution in [0.25, 0.3) is 0 Å². The van der Waals surface area contributed by atoms with E-state index in [2.05, 4.69) is 31.4 Å². The summed E-state index contributed by atoms with van der Waals surface area (Å²) in [5.41, 5.74) is -1.88. The molecule has 3 aliphatic heterocycles. The van der Waals surface area contributed by atoms with Crippen LogP contribution in [0.2, 0.25) is 0 Å². The summed E-state index contributed by atoms with van der Waals surface area (Å²) in [5.74, 6) is -2.47. The Labute approximate surface area is 220 Å². The molecule has 3 amide bonds. The summed E-state index contributed by atoms with van der Waals surface area (Å²) >= 11 is 0. The monoisotopic (exact) mass is 513 g/mol. The van der Waals surface area contributed by atoms with Gasteiger partial charge in [-0.1, -0.05) is 58.0 Å². The van der Waals surface area contributed by atoms with E-state index in [0.29, 0.717) is 6.42 Å². The molecule has 1 aromatic rings. The molecule has 0 saturated carbocycles. The fourth-order valence-corrected chi connectivity index (χ4v) is 7.67. The van der Waals surface area contributed by atoms with Gasteiger partial charge >= 0.3 is 0 Å². The zero-order valence-corrected chi connectivity index (χ0v) is 23.4. The van der Waals surface area contributed by atoms with Crippen LogP contribution in [0.4, 0.5) is 0 Å². The summed E-state index contributed by atoms with van der Waals surface area (Å²) < 4.78 is 6.73. The van der Waals surface area contributed by atoms with E-state index in [9.17, 15) is 19.5 Å². The van der Waals surface area contributed by atoms with Crippen LogP contribution in [0.5, 0.6) is 0 Å². The predicted octanol–water partition coefficient (Wildman–Crippen LogP) is 2.81. The zero-order valence-electron chi connectivity index (χ0n) is 23.4. The average Bonchev–Trinajstić information content (AvgIpc) is 3.30. The maximum absolute atomic E-state index is 14.3. The Kier molecular flexibility index (Phi) is 6.77. The Morgan fingerprint density at radius 3 is 2.32 bits per heavy atom. The van der Waals surface area contributed by atoms with Crippen molar-refractivity contribution in [1.82, 2.24) is 15.5 Å². The summed E-state index contributed by atoms with van der Waals surface area (Å²) in [6.45, 7) is 13.9. The third-order valence-electron chi connectivity index (χ3n) is 8.66. The highest BCUT2D eigenvalue weighted by atomic mass is 16.5. The number of rotatable bonds is 7.